The minimum Gasteiger partial charge on any atom is -0.411 e. The van der Waals surface area contributed by atoms with Crippen LogP contribution >= 0.6 is 46.4 Å². The molecular formula is C96H89Cl4F4N19O12S3. The Morgan fingerprint density at radius 2 is 0.797 bits per heavy atom. The predicted octanol–water partition coefficient (Wildman–Crippen LogP) is 18.9. The van der Waals surface area contributed by atoms with E-state index in [1.54, 1.807) is 85.2 Å². The van der Waals surface area contributed by atoms with Crippen molar-refractivity contribution in [2.24, 2.45) is 34.7 Å². The fraction of sp³-hybridized carbons (Fsp3) is 0.312. The van der Waals surface area contributed by atoms with Gasteiger partial charge in [0.2, 0.25) is 0 Å². The number of oxime groups is 1. The fourth-order valence-electron chi connectivity index (χ4n) is 18.3. The van der Waals surface area contributed by atoms with E-state index in [4.69, 9.17) is 56.1 Å². The molecule has 13 heterocycles. The molecule has 0 aliphatic heterocycles. The maximum absolute atomic E-state index is 14.7. The monoisotopic (exact) mass is 2010 g/mol. The molecule has 138 heavy (non-hydrogen) atoms. The number of H-pyrrole nitrogens is 2. The molecule has 13 aromatic heterocycles. The number of pyridine rings is 4. The number of carbonyl (C=O) groups excluding carboxylic acids is 1. The average molecular weight is 2010 g/mol. The number of benzene rings is 3. The van der Waals surface area contributed by atoms with Crippen LogP contribution in [0.4, 0.5) is 17.6 Å². The molecule has 20 rings (SSSR count). The molecule has 4 fully saturated rings. The predicted molar refractivity (Wildman–Crippen MR) is 511 cm³/mol. The van der Waals surface area contributed by atoms with Crippen molar-refractivity contribution in [1.82, 2.24) is 86.4 Å². The van der Waals surface area contributed by atoms with E-state index < -0.39 is 64.8 Å². The average Bonchev–Trinajstić information content (AvgIpc) is 1.60. The minimum atomic E-state index is -3.99. The van der Waals surface area contributed by atoms with Crippen LogP contribution in [0.25, 0.3) is 89.7 Å². The molecule has 0 amide bonds. The molecule has 16 aromatic rings. The van der Waals surface area contributed by atoms with Gasteiger partial charge in [-0.15, -0.1) is 4.74 Å². The molecule has 0 bridgehead atoms. The summed E-state index contributed by atoms with van der Waals surface area (Å²) < 4.78 is 149. The number of aromatic amines is 2. The molecule has 4 saturated carbocycles. The molecule has 0 radical (unpaired) electrons. The molecule has 0 unspecified atom stereocenters. The van der Waals surface area contributed by atoms with Crippen molar-refractivity contribution >= 4 is 132 Å². The zero-order valence-corrected chi connectivity index (χ0v) is 79.8. The number of nitrogens with zero attached hydrogens (tertiary/aromatic N) is 17. The van der Waals surface area contributed by atoms with Crippen molar-refractivity contribution in [3.05, 3.63) is 275 Å². The number of nitrogens with one attached hydrogen (secondary N) is 2. The number of aliphatic hydroxyl groups is 1. The number of rotatable bonds is 20. The summed E-state index contributed by atoms with van der Waals surface area (Å²) >= 11 is 24.6. The Bertz CT molecular complexity index is 7860. The molecule has 4 aliphatic carbocycles. The Labute approximate surface area is 807 Å². The van der Waals surface area contributed by atoms with Gasteiger partial charge in [-0.1, -0.05) is 124 Å². The highest BCUT2D eigenvalue weighted by Gasteiger charge is 2.34. The Morgan fingerprint density at radius 1 is 0.435 bits per heavy atom. The zero-order chi connectivity index (χ0) is 97.2. The highest BCUT2D eigenvalue weighted by molar-refractivity contribution is 7.90. The summed E-state index contributed by atoms with van der Waals surface area (Å²) in [4.78, 5) is 92.1. The number of carbonyl (C=O) groups is 1. The minimum absolute atomic E-state index is 0.0212. The second-order valence-corrected chi connectivity index (χ2v) is 42.3. The van der Waals surface area contributed by atoms with E-state index in [0.717, 1.165) is 134 Å². The van der Waals surface area contributed by atoms with Crippen LogP contribution < -0.4 is 11.4 Å². The van der Waals surface area contributed by atoms with Crippen LogP contribution in [-0.4, -0.2) is 140 Å². The second kappa shape index (κ2) is 41.2. The molecule has 714 valence electrons. The van der Waals surface area contributed by atoms with Gasteiger partial charge in [0.25, 0.3) is 30.1 Å². The first kappa shape index (κ1) is 97.0. The summed E-state index contributed by atoms with van der Waals surface area (Å²) in [6.45, 7) is 5.76. The molecule has 3 aromatic carbocycles. The van der Waals surface area contributed by atoms with E-state index in [9.17, 15) is 62.3 Å². The number of Topliss-reactive ketones (excluding diaryl/α,β-unsaturated/α-hetero) is 1. The number of fused-ring (bicyclic) bond motifs is 4. The third-order valence-corrected chi connectivity index (χ3v) is 31.1. The molecule has 0 spiro atoms. The number of hydrogen-bond acceptors (Lipinski definition) is 25. The number of ketones is 1. The molecular weight excluding hydrogens is 1930 g/mol. The zero-order valence-electron chi connectivity index (χ0n) is 74.3. The van der Waals surface area contributed by atoms with Gasteiger partial charge in [0.05, 0.1) is 94.1 Å². The van der Waals surface area contributed by atoms with Crippen molar-refractivity contribution in [2.45, 2.75) is 170 Å². The largest absolute Gasteiger partial charge is 0.440 e. The Balaban J connectivity index is 0.000000127. The van der Waals surface area contributed by atoms with E-state index in [1.165, 1.54) is 67.6 Å². The maximum atomic E-state index is 14.7. The standard InChI is InChI=1S/C26H26ClFN4O3S.C25H23ClFN5O3S.C25H22ClFN4O3S.C20H18ClFN6O3/c1-16-5-7-20(8-6-16)36(34,35)32-14-22(21-11-19(27)12-30-26(21)32)25-29-13-23(28)24(31-25)10-17-3-2-4-18(9-17)15-33;1-15-5-7-19(8-6-15)36(34,35)32-14-21(20-11-17(26)12-29-25(20)32)24-28-13-22(27)23(30-24)10-16-3-2-4-18(9-16)31-33;1-15-5-7-19(8-6-15)35(33,34)31-14-21(20-11-17(26)12-29-25(20)31)24-28-13-22(27)23(30-24)10-16-3-2-4-18(32)9-16;21-11-6-13-14(8-24-17(13)23-7-11)18-25-9-15(22)16(26-18)5-10-2-1-3-12(4-10)28-19(29)27-20(30)31-28/h5-8,11-14,17-18,33H,2-4,9-10,15H2,1H3;5-8,11-14,16,33H,2-4,9-10H2,1H3;5-8,11-14,16H,2-4,9-10H2,1H3;6-10,12H,1-5H2,(H,23,24)(H,27,29,30)/b;31-18+;;/t17-,18+;2*16-;10-,12+/m0000/s1. The van der Waals surface area contributed by atoms with Crippen LogP contribution in [0.15, 0.2) is 205 Å². The van der Waals surface area contributed by atoms with Gasteiger partial charge in [0, 0.05) is 113 Å². The van der Waals surface area contributed by atoms with Crippen molar-refractivity contribution in [3.63, 3.8) is 0 Å². The van der Waals surface area contributed by atoms with Crippen molar-refractivity contribution in [2.75, 3.05) is 6.61 Å². The van der Waals surface area contributed by atoms with Crippen molar-refractivity contribution in [3.8, 4) is 45.6 Å². The molecule has 6 atom stereocenters. The van der Waals surface area contributed by atoms with Crippen LogP contribution in [0, 0.1) is 73.6 Å². The van der Waals surface area contributed by atoms with Crippen LogP contribution in [0.5, 0.6) is 0 Å². The Hall–Kier alpha value is -12.7. The smallest absolute Gasteiger partial charge is 0.411 e. The lowest BCUT2D eigenvalue weighted by atomic mass is 9.79. The SMILES string of the molecule is Cc1ccc(S(=O)(=O)n2cc(-c3ncc(F)c(C[C@H]4CCC/C(=N\O)C4)n3)c3cc(Cl)cnc32)cc1.Cc1ccc(S(=O)(=O)n2cc(-c3ncc(F)c(C[C@H]4CCCC(=O)C4)n3)c3cc(Cl)cnc32)cc1.Cc1ccc(S(=O)(=O)n2cc(-c3ncc(F)c(C[C@H]4CCC[C@@H](CO)C4)n3)c3cc(Cl)cnc32)cc1.O=c1[nH]c(=O)n([C@@H]2CCC[C@H](Cc3nc(-c4c[nH]c5ncc(Cl)cc45)ncc3F)C2)o1. The summed E-state index contributed by atoms with van der Waals surface area (Å²) in [6, 6.07) is 25.9. The molecule has 0 saturated heterocycles. The molecule has 4 N–H and O–H groups in total. The van der Waals surface area contributed by atoms with Crippen molar-refractivity contribution < 1.29 is 62.4 Å². The van der Waals surface area contributed by atoms with Crippen LogP contribution in [0.2, 0.25) is 20.1 Å². The third kappa shape index (κ3) is 21.3. The summed E-state index contributed by atoms with van der Waals surface area (Å²) in [5.41, 5.74) is 6.93. The van der Waals surface area contributed by atoms with E-state index in [-0.39, 0.29) is 114 Å². The van der Waals surface area contributed by atoms with E-state index in [0.29, 0.717) is 133 Å². The van der Waals surface area contributed by atoms with Gasteiger partial charge in [-0.2, -0.15) is 0 Å². The number of halogens is 8. The number of aromatic nitrogens is 18. The first-order chi connectivity index (χ1) is 66.2. The lowest BCUT2D eigenvalue weighted by Gasteiger charge is -2.28. The Morgan fingerprint density at radius 3 is 1.20 bits per heavy atom. The van der Waals surface area contributed by atoms with Gasteiger partial charge in [-0.25, -0.2) is 129 Å². The van der Waals surface area contributed by atoms with Crippen molar-refractivity contribution in [1.29, 1.82) is 0 Å². The van der Waals surface area contributed by atoms with Gasteiger partial charge in [-0.05, 0) is 207 Å². The summed E-state index contributed by atoms with van der Waals surface area (Å²) in [7, 11) is -11.9. The lowest BCUT2D eigenvalue weighted by molar-refractivity contribution is -0.121. The van der Waals surface area contributed by atoms with Gasteiger partial charge < -0.3 is 19.8 Å². The summed E-state index contributed by atoms with van der Waals surface area (Å²) in [5, 5.41) is 25.5. The number of hydrogen-bond donors (Lipinski definition) is 4. The quantitative estimate of drug-likeness (QED) is 0.0313. The second-order valence-electron chi connectivity index (χ2n) is 35.1. The van der Waals surface area contributed by atoms with Gasteiger partial charge in [0.1, 0.15) is 11.4 Å². The van der Waals surface area contributed by atoms with E-state index >= 15 is 0 Å². The lowest BCUT2D eigenvalue weighted by Crippen LogP contribution is -2.27. The highest BCUT2D eigenvalue weighted by Crippen LogP contribution is 2.41. The first-order valence-electron chi connectivity index (χ1n) is 44.5. The van der Waals surface area contributed by atoms with Gasteiger partial charge >= 0.3 is 11.4 Å². The topological polar surface area (TPSA) is 426 Å². The number of aryl methyl sites for hydroxylation is 3. The fourth-order valence-corrected chi connectivity index (χ4v) is 22.9. The van der Waals surface area contributed by atoms with E-state index in [1.807, 2.05) is 20.8 Å². The summed E-state index contributed by atoms with van der Waals surface area (Å²) in [6.07, 6.45) is 29.9. The first-order valence-corrected chi connectivity index (χ1v) is 50.4. The third-order valence-electron chi connectivity index (χ3n) is 25.3. The van der Waals surface area contributed by atoms with E-state index in [2.05, 4.69) is 74.9 Å². The van der Waals surface area contributed by atoms with Gasteiger partial charge in [-0.3, -0.25) is 4.79 Å². The Kier molecular flexibility index (Phi) is 28.9. The molecule has 4 aliphatic rings. The highest BCUT2D eigenvalue weighted by atomic mass is 35.5. The number of aliphatic hydroxyl groups excluding tert-OH is 1. The van der Waals surface area contributed by atoms with Gasteiger partial charge in [0.15, 0.2) is 63.5 Å². The van der Waals surface area contributed by atoms with Crippen LogP contribution in [0.1, 0.15) is 148 Å². The molecule has 31 nitrogen and oxygen atoms in total. The van der Waals surface area contributed by atoms with Crippen LogP contribution in [-0.2, 0) is 60.5 Å². The summed E-state index contributed by atoms with van der Waals surface area (Å²) in [5.74, 6) is -1.12. The maximum Gasteiger partial charge on any atom is 0.440 e. The van der Waals surface area contributed by atoms with Crippen LogP contribution in [0.3, 0.4) is 0 Å². The normalized spacial score (nSPS) is 18.0. The molecule has 42 heteroatoms.